The van der Waals surface area contributed by atoms with Crippen LogP contribution in [0.3, 0.4) is 0 Å². The van der Waals surface area contributed by atoms with E-state index in [1.807, 2.05) is 22.8 Å². The van der Waals surface area contributed by atoms with Gasteiger partial charge in [-0.3, -0.25) is 14.5 Å². The number of pyridine rings is 1. The third-order valence-electron chi connectivity index (χ3n) is 5.39. The maximum absolute atomic E-state index is 12.8. The van der Waals surface area contributed by atoms with Crippen molar-refractivity contribution in [3.63, 3.8) is 0 Å². The molecule has 1 aliphatic heterocycles. The molecule has 0 saturated carbocycles. The van der Waals surface area contributed by atoms with E-state index < -0.39 is 0 Å². The Labute approximate surface area is 177 Å². The number of carbonyl (C=O) groups excluding carboxylic acids is 2. The van der Waals surface area contributed by atoms with Crippen LogP contribution in [0, 0.1) is 5.21 Å². The molecule has 0 atom stereocenters. The van der Waals surface area contributed by atoms with Crippen LogP contribution in [-0.2, 0) is 13.1 Å². The van der Waals surface area contributed by atoms with Crippen molar-refractivity contribution in [3.05, 3.63) is 94.7 Å². The summed E-state index contributed by atoms with van der Waals surface area (Å²) in [5.41, 5.74) is 3.05. The average molecular weight is 414 g/mol. The fourth-order valence-corrected chi connectivity index (χ4v) is 3.88. The monoisotopic (exact) mass is 414 g/mol. The highest BCUT2D eigenvalue weighted by Gasteiger charge is 2.36. The Morgan fingerprint density at radius 2 is 1.74 bits per heavy atom. The van der Waals surface area contributed by atoms with Crippen molar-refractivity contribution in [2.24, 2.45) is 0 Å². The molecule has 0 fully saturated rings. The molecule has 3 heterocycles. The van der Waals surface area contributed by atoms with Crippen molar-refractivity contribution >= 4 is 22.8 Å². The van der Waals surface area contributed by atoms with Crippen molar-refractivity contribution in [2.75, 3.05) is 7.11 Å². The van der Waals surface area contributed by atoms with E-state index in [1.54, 1.807) is 43.5 Å². The zero-order valence-corrected chi connectivity index (χ0v) is 16.7. The number of carbonyl (C=O) groups is 2. The van der Waals surface area contributed by atoms with Gasteiger partial charge in [-0.05, 0) is 30.3 Å². The van der Waals surface area contributed by atoms with Gasteiger partial charge in [-0.25, -0.2) is 4.98 Å². The first kappa shape index (κ1) is 18.8. The Balaban J connectivity index is 1.58. The Morgan fingerprint density at radius 3 is 2.42 bits per heavy atom. The lowest BCUT2D eigenvalue weighted by Crippen LogP contribution is -2.30. The van der Waals surface area contributed by atoms with Crippen LogP contribution in [0.15, 0.2) is 67.0 Å². The molecule has 154 valence electrons. The summed E-state index contributed by atoms with van der Waals surface area (Å²) in [5, 5.41) is 11.7. The molecular formula is C23H18N4O4. The zero-order chi connectivity index (χ0) is 21.5. The van der Waals surface area contributed by atoms with Gasteiger partial charge in [0, 0.05) is 17.7 Å². The van der Waals surface area contributed by atoms with Gasteiger partial charge in [0.1, 0.15) is 11.6 Å². The lowest BCUT2D eigenvalue weighted by Gasteiger charge is -2.15. The number of rotatable bonds is 5. The molecular weight excluding hydrogens is 396 g/mol. The minimum atomic E-state index is -0.339. The van der Waals surface area contributed by atoms with Crippen LogP contribution in [0.5, 0.6) is 5.75 Å². The number of imidazole rings is 1. The minimum absolute atomic E-state index is 0.0214. The number of fused-ring (bicyclic) bond motifs is 2. The molecule has 0 N–H and O–H groups in total. The Hall–Kier alpha value is -4.20. The van der Waals surface area contributed by atoms with Crippen molar-refractivity contribution in [1.82, 2.24) is 14.5 Å². The summed E-state index contributed by atoms with van der Waals surface area (Å²) in [4.78, 5) is 31.6. The van der Waals surface area contributed by atoms with E-state index in [-0.39, 0.29) is 18.4 Å². The van der Waals surface area contributed by atoms with Gasteiger partial charge in [0.25, 0.3) is 11.8 Å². The smallest absolute Gasteiger partial charge is 0.261 e. The molecule has 8 nitrogen and oxygen atoms in total. The molecule has 4 aromatic rings. The number of hydrogen-bond acceptors (Lipinski definition) is 5. The summed E-state index contributed by atoms with van der Waals surface area (Å²) >= 11 is 0. The van der Waals surface area contributed by atoms with Crippen LogP contribution in [0.1, 0.15) is 32.1 Å². The van der Waals surface area contributed by atoms with Crippen LogP contribution in [0.4, 0.5) is 0 Å². The second-order valence-electron chi connectivity index (χ2n) is 7.28. The van der Waals surface area contributed by atoms with Crippen LogP contribution in [0.25, 0.3) is 11.0 Å². The molecule has 0 radical (unpaired) electrons. The van der Waals surface area contributed by atoms with Gasteiger partial charge in [-0.15, -0.1) is 0 Å². The van der Waals surface area contributed by atoms with Crippen molar-refractivity contribution in [3.8, 4) is 5.75 Å². The fraction of sp³-hybridized carbons (Fsp3) is 0.130. The molecule has 1 aliphatic rings. The first-order chi connectivity index (χ1) is 15.0. The van der Waals surface area contributed by atoms with Crippen molar-refractivity contribution in [2.45, 2.75) is 13.1 Å². The van der Waals surface area contributed by atoms with Gasteiger partial charge in [0.15, 0.2) is 12.4 Å². The van der Waals surface area contributed by atoms with Gasteiger partial charge in [-0.2, -0.15) is 4.73 Å². The van der Waals surface area contributed by atoms with Gasteiger partial charge in [0.05, 0.1) is 42.4 Å². The topological polar surface area (TPSA) is 91.4 Å². The minimum Gasteiger partial charge on any atom is -0.619 e. The second kappa shape index (κ2) is 7.24. The Bertz CT molecular complexity index is 1310. The highest BCUT2D eigenvalue weighted by Crippen LogP contribution is 2.27. The summed E-state index contributed by atoms with van der Waals surface area (Å²) in [5.74, 6) is 0.523. The maximum Gasteiger partial charge on any atom is 0.261 e. The summed E-state index contributed by atoms with van der Waals surface area (Å²) in [6.45, 7) is 0.374. The van der Waals surface area contributed by atoms with E-state index in [1.165, 1.54) is 17.3 Å². The van der Waals surface area contributed by atoms with Crippen LogP contribution >= 0.6 is 0 Å². The molecule has 31 heavy (non-hydrogen) atoms. The van der Waals surface area contributed by atoms with Crippen LogP contribution < -0.4 is 9.47 Å². The standard InChI is InChI=1S/C23H18N4O4/c1-31-16-8-9-19-20(11-16)26(13-15-5-4-10-25(30)12-15)21(24-19)14-27-22(28)17-6-2-3-7-18(17)23(27)29/h2-12H,13-14H2,1H3. The molecule has 0 bridgehead atoms. The van der Waals surface area contributed by atoms with Gasteiger partial charge in [0.2, 0.25) is 0 Å². The molecule has 0 aliphatic carbocycles. The van der Waals surface area contributed by atoms with E-state index in [9.17, 15) is 14.8 Å². The number of methoxy groups -OCH3 is 1. The molecule has 2 aromatic carbocycles. The molecule has 0 unspecified atom stereocenters. The highest BCUT2D eigenvalue weighted by molar-refractivity contribution is 6.21. The average Bonchev–Trinajstić information content (AvgIpc) is 3.24. The molecule has 2 amide bonds. The van der Waals surface area contributed by atoms with Crippen LogP contribution in [-0.4, -0.2) is 33.4 Å². The third-order valence-corrected chi connectivity index (χ3v) is 5.39. The van der Waals surface area contributed by atoms with Crippen molar-refractivity contribution in [1.29, 1.82) is 0 Å². The predicted molar refractivity (Wildman–Crippen MR) is 111 cm³/mol. The summed E-state index contributed by atoms with van der Waals surface area (Å²) in [7, 11) is 1.58. The van der Waals surface area contributed by atoms with E-state index in [4.69, 9.17) is 4.74 Å². The lowest BCUT2D eigenvalue weighted by atomic mass is 10.1. The van der Waals surface area contributed by atoms with Gasteiger partial charge >= 0.3 is 0 Å². The van der Waals surface area contributed by atoms with Crippen molar-refractivity contribution < 1.29 is 19.1 Å². The number of ether oxygens (including phenoxy) is 1. The van der Waals surface area contributed by atoms with Crippen LogP contribution in [0.2, 0.25) is 0 Å². The van der Waals surface area contributed by atoms with E-state index in [0.29, 0.717) is 34.8 Å². The number of aromatic nitrogens is 3. The van der Waals surface area contributed by atoms with Gasteiger partial charge in [-0.1, -0.05) is 12.1 Å². The lowest BCUT2D eigenvalue weighted by molar-refractivity contribution is -0.605. The fourth-order valence-electron chi connectivity index (χ4n) is 3.88. The summed E-state index contributed by atoms with van der Waals surface area (Å²) in [6.07, 6.45) is 2.90. The Morgan fingerprint density at radius 1 is 1.00 bits per heavy atom. The first-order valence-corrected chi connectivity index (χ1v) is 9.71. The normalized spacial score (nSPS) is 13.1. The van der Waals surface area contributed by atoms with E-state index in [2.05, 4.69) is 4.98 Å². The summed E-state index contributed by atoms with van der Waals surface area (Å²) < 4.78 is 7.99. The molecule has 0 spiro atoms. The molecule has 5 rings (SSSR count). The molecule has 0 saturated heterocycles. The second-order valence-corrected chi connectivity index (χ2v) is 7.28. The maximum atomic E-state index is 12.8. The number of hydrogen-bond donors (Lipinski definition) is 0. The molecule has 8 heteroatoms. The quantitative estimate of drug-likeness (QED) is 0.284. The largest absolute Gasteiger partial charge is 0.619 e. The molecule has 2 aromatic heterocycles. The zero-order valence-electron chi connectivity index (χ0n) is 16.7. The highest BCUT2D eigenvalue weighted by atomic mass is 16.5. The number of amides is 2. The first-order valence-electron chi connectivity index (χ1n) is 9.71. The number of imide groups is 1. The van der Waals surface area contributed by atoms with E-state index >= 15 is 0 Å². The summed E-state index contributed by atoms with van der Waals surface area (Å²) in [6, 6.07) is 15.8. The number of nitrogens with zero attached hydrogens (tertiary/aromatic N) is 4. The third kappa shape index (κ3) is 3.18. The number of benzene rings is 2. The van der Waals surface area contributed by atoms with E-state index in [0.717, 1.165) is 15.8 Å². The predicted octanol–water partition coefficient (Wildman–Crippen LogP) is 2.52. The Kier molecular flexibility index (Phi) is 4.39. The van der Waals surface area contributed by atoms with Gasteiger partial charge < -0.3 is 14.5 Å². The SMILES string of the molecule is COc1ccc2nc(CN3C(=O)c4ccccc4C3=O)n(Cc3ccc[n+]([O-])c3)c2c1.